The Kier molecular flexibility index (Phi) is 5.16. The number of carbonyl (C=O) groups excluding carboxylic acids is 1. The number of amides is 1. The van der Waals surface area contributed by atoms with Gasteiger partial charge in [0.2, 0.25) is 11.8 Å². The molecule has 0 bridgehead atoms. The maximum absolute atomic E-state index is 12.1. The highest BCUT2D eigenvalue weighted by Crippen LogP contribution is 2.31. The van der Waals surface area contributed by atoms with Crippen LogP contribution in [0.4, 0.5) is 0 Å². The van der Waals surface area contributed by atoms with Gasteiger partial charge >= 0.3 is 0 Å². The van der Waals surface area contributed by atoms with Crippen molar-refractivity contribution in [2.75, 3.05) is 6.61 Å². The van der Waals surface area contributed by atoms with Gasteiger partial charge in [0, 0.05) is 18.8 Å². The quantitative estimate of drug-likeness (QED) is 0.810. The molecule has 1 heterocycles. The molecule has 0 saturated heterocycles. The van der Waals surface area contributed by atoms with Crippen LogP contribution in [0.15, 0.2) is 18.3 Å². The second-order valence-corrected chi connectivity index (χ2v) is 7.00. The van der Waals surface area contributed by atoms with Crippen molar-refractivity contribution < 1.29 is 14.6 Å². The summed E-state index contributed by atoms with van der Waals surface area (Å²) < 4.78 is 5.65. The fourth-order valence-electron chi connectivity index (χ4n) is 3.08. The summed E-state index contributed by atoms with van der Waals surface area (Å²) in [4.78, 5) is 16.3. The monoisotopic (exact) mass is 318 g/mol. The van der Waals surface area contributed by atoms with Crippen LogP contribution in [0.2, 0.25) is 0 Å². The zero-order valence-corrected chi connectivity index (χ0v) is 13.6. The Labute approximate surface area is 137 Å². The third-order valence-corrected chi connectivity index (χ3v) is 4.73. The van der Waals surface area contributed by atoms with Gasteiger partial charge in [-0.1, -0.05) is 19.3 Å². The first-order valence-corrected chi connectivity index (χ1v) is 8.70. The average Bonchev–Trinajstić information content (AvgIpc) is 3.36. The van der Waals surface area contributed by atoms with Gasteiger partial charge in [-0.2, -0.15) is 0 Å². The van der Waals surface area contributed by atoms with E-state index in [9.17, 15) is 9.90 Å². The van der Waals surface area contributed by atoms with Crippen LogP contribution in [0.5, 0.6) is 5.88 Å². The van der Waals surface area contributed by atoms with Crippen LogP contribution in [0, 0.1) is 5.92 Å². The second-order valence-electron chi connectivity index (χ2n) is 7.00. The van der Waals surface area contributed by atoms with Crippen molar-refractivity contribution in [1.29, 1.82) is 0 Å². The molecule has 2 saturated carbocycles. The lowest BCUT2D eigenvalue weighted by Crippen LogP contribution is -2.38. The lowest BCUT2D eigenvalue weighted by atomic mass is 9.82. The Morgan fingerprint density at radius 3 is 2.87 bits per heavy atom. The number of rotatable bonds is 7. The largest absolute Gasteiger partial charge is 0.477 e. The summed E-state index contributed by atoms with van der Waals surface area (Å²) >= 11 is 0. The Bertz CT molecular complexity index is 537. The molecule has 5 nitrogen and oxygen atoms in total. The normalized spacial score (nSPS) is 20.0. The first kappa shape index (κ1) is 16.2. The summed E-state index contributed by atoms with van der Waals surface area (Å²) in [6, 6.07) is 3.75. The number of nitrogens with zero attached hydrogens (tertiary/aromatic N) is 1. The highest BCUT2D eigenvalue weighted by Gasteiger charge is 2.31. The number of hydrogen-bond donors (Lipinski definition) is 2. The van der Waals surface area contributed by atoms with Crippen LogP contribution in [0.25, 0.3) is 0 Å². The third kappa shape index (κ3) is 5.20. The lowest BCUT2D eigenvalue weighted by Gasteiger charge is -2.31. The molecule has 0 spiro atoms. The Hall–Kier alpha value is -1.62. The number of nitrogens with one attached hydrogen (secondary N) is 1. The number of carbonyl (C=O) groups is 1. The van der Waals surface area contributed by atoms with Crippen molar-refractivity contribution in [3.8, 4) is 5.88 Å². The second kappa shape index (κ2) is 7.30. The Morgan fingerprint density at radius 1 is 1.35 bits per heavy atom. The molecule has 5 heteroatoms. The Balaban J connectivity index is 1.45. The van der Waals surface area contributed by atoms with E-state index in [1.54, 1.807) is 6.20 Å². The summed E-state index contributed by atoms with van der Waals surface area (Å²) in [6.07, 6.45) is 9.04. The van der Waals surface area contributed by atoms with E-state index in [1.165, 1.54) is 12.8 Å². The molecule has 23 heavy (non-hydrogen) atoms. The van der Waals surface area contributed by atoms with E-state index in [2.05, 4.69) is 10.3 Å². The van der Waals surface area contributed by atoms with Gasteiger partial charge < -0.3 is 15.2 Å². The zero-order chi connectivity index (χ0) is 16.1. The van der Waals surface area contributed by atoms with E-state index < -0.39 is 5.60 Å². The predicted octanol–water partition coefficient (Wildman–Crippen LogP) is 2.57. The van der Waals surface area contributed by atoms with Gasteiger partial charge in [0.15, 0.2) is 0 Å². The van der Waals surface area contributed by atoms with Gasteiger partial charge in [-0.25, -0.2) is 4.98 Å². The van der Waals surface area contributed by atoms with Crippen molar-refractivity contribution in [2.24, 2.45) is 5.92 Å². The number of aromatic nitrogens is 1. The minimum atomic E-state index is -0.806. The maximum Gasteiger partial charge on any atom is 0.223 e. The predicted molar refractivity (Wildman–Crippen MR) is 87.0 cm³/mol. The lowest BCUT2D eigenvalue weighted by molar-refractivity contribution is -0.127. The Morgan fingerprint density at radius 2 is 2.13 bits per heavy atom. The minimum absolute atomic E-state index is 0.0911. The number of aliphatic hydroxyl groups is 1. The van der Waals surface area contributed by atoms with E-state index in [1.807, 2.05) is 12.1 Å². The van der Waals surface area contributed by atoms with Crippen LogP contribution < -0.4 is 10.1 Å². The molecule has 0 radical (unpaired) electrons. The van der Waals surface area contributed by atoms with Gasteiger partial charge in [-0.05, 0) is 43.2 Å². The summed E-state index contributed by atoms with van der Waals surface area (Å²) in [5.41, 5.74) is 0.161. The van der Waals surface area contributed by atoms with Crippen LogP contribution in [0.3, 0.4) is 0 Å². The molecule has 2 aliphatic carbocycles. The molecule has 2 aliphatic rings. The van der Waals surface area contributed by atoms with Crippen molar-refractivity contribution in [3.63, 3.8) is 0 Å². The fraction of sp³-hybridized carbons (Fsp3) is 0.667. The van der Waals surface area contributed by atoms with E-state index in [4.69, 9.17) is 4.74 Å². The number of hydrogen-bond acceptors (Lipinski definition) is 4. The molecule has 126 valence electrons. The molecule has 1 aromatic heterocycles. The van der Waals surface area contributed by atoms with Crippen molar-refractivity contribution in [3.05, 3.63) is 23.9 Å². The van der Waals surface area contributed by atoms with Gasteiger partial charge in [-0.3, -0.25) is 4.79 Å². The van der Waals surface area contributed by atoms with Gasteiger partial charge in [0.05, 0.1) is 18.6 Å². The zero-order valence-electron chi connectivity index (χ0n) is 13.6. The molecule has 0 aliphatic heterocycles. The number of pyridine rings is 1. The first-order chi connectivity index (χ1) is 11.1. The molecule has 1 amide bonds. The van der Waals surface area contributed by atoms with E-state index >= 15 is 0 Å². The number of ether oxygens (including phenoxy) is 1. The highest BCUT2D eigenvalue weighted by molar-refractivity contribution is 5.77. The van der Waals surface area contributed by atoms with Crippen molar-refractivity contribution in [1.82, 2.24) is 10.3 Å². The first-order valence-electron chi connectivity index (χ1n) is 8.70. The molecular weight excluding hydrogens is 292 g/mol. The summed E-state index contributed by atoms with van der Waals surface area (Å²) in [6.45, 7) is 1.17. The molecule has 2 N–H and O–H groups in total. The average molecular weight is 318 g/mol. The smallest absolute Gasteiger partial charge is 0.223 e. The van der Waals surface area contributed by atoms with Crippen molar-refractivity contribution in [2.45, 2.75) is 63.5 Å². The van der Waals surface area contributed by atoms with Gasteiger partial charge in [0.1, 0.15) is 0 Å². The van der Waals surface area contributed by atoms with Gasteiger partial charge in [-0.15, -0.1) is 0 Å². The maximum atomic E-state index is 12.1. The third-order valence-electron chi connectivity index (χ3n) is 4.73. The SMILES string of the molecule is O=C(CC1(O)CCCCC1)NCc1ccnc(OCC2CC2)c1. The molecule has 0 unspecified atom stereocenters. The molecule has 0 atom stereocenters. The van der Waals surface area contributed by atoms with Crippen molar-refractivity contribution >= 4 is 5.91 Å². The summed E-state index contributed by atoms with van der Waals surface area (Å²) in [5, 5.41) is 13.3. The van der Waals surface area contributed by atoms with Crippen LogP contribution in [-0.4, -0.2) is 28.2 Å². The molecular formula is C18H26N2O3. The highest BCUT2D eigenvalue weighted by atomic mass is 16.5. The minimum Gasteiger partial charge on any atom is -0.477 e. The van der Waals surface area contributed by atoms with Crippen LogP contribution >= 0.6 is 0 Å². The van der Waals surface area contributed by atoms with Gasteiger partial charge in [0.25, 0.3) is 0 Å². The van der Waals surface area contributed by atoms with E-state index in [-0.39, 0.29) is 12.3 Å². The molecule has 2 fully saturated rings. The standard InChI is InChI=1S/C18H26N2O3/c21-16(11-18(22)7-2-1-3-8-18)20-12-15-6-9-19-17(10-15)23-13-14-4-5-14/h6,9-10,14,22H,1-5,7-8,11-13H2,(H,20,21). The fourth-order valence-corrected chi connectivity index (χ4v) is 3.08. The topological polar surface area (TPSA) is 71.5 Å². The molecule has 0 aromatic carbocycles. The summed E-state index contributed by atoms with van der Waals surface area (Å²) in [5.74, 6) is 1.22. The molecule has 1 aromatic rings. The summed E-state index contributed by atoms with van der Waals surface area (Å²) in [7, 11) is 0. The van der Waals surface area contributed by atoms with Crippen LogP contribution in [-0.2, 0) is 11.3 Å². The molecule has 3 rings (SSSR count). The van der Waals surface area contributed by atoms with E-state index in [0.717, 1.165) is 44.3 Å². The van der Waals surface area contributed by atoms with E-state index in [0.29, 0.717) is 18.3 Å². The van der Waals surface area contributed by atoms with Crippen LogP contribution in [0.1, 0.15) is 56.9 Å².